The molecule has 0 aromatic heterocycles. The number of rotatable bonds is 4. The van der Waals surface area contributed by atoms with Gasteiger partial charge in [0.1, 0.15) is 29.8 Å². The van der Waals surface area contributed by atoms with Crippen LogP contribution in [0.2, 0.25) is 0 Å². The average molecular weight is 519 g/mol. The second-order valence-corrected chi connectivity index (χ2v) is 12.2. The Labute approximate surface area is 217 Å². The number of hydrogen-bond acceptors (Lipinski definition) is 9. The molecule has 37 heavy (non-hydrogen) atoms. The molecule has 4 saturated carbocycles. The van der Waals surface area contributed by atoms with Crippen molar-refractivity contribution in [3.8, 4) is 0 Å². The summed E-state index contributed by atoms with van der Waals surface area (Å²) in [6, 6.07) is 0. The molecule has 2 bridgehead atoms. The number of Topliss-reactive ketones (excluding diaryl/α,β-unsaturated/α-hetero) is 1. The zero-order chi connectivity index (χ0) is 27.7. The van der Waals surface area contributed by atoms with Crippen LogP contribution >= 0.6 is 0 Å². The van der Waals surface area contributed by atoms with E-state index < -0.39 is 71.0 Å². The van der Waals surface area contributed by atoms with Crippen LogP contribution < -0.4 is 0 Å². The lowest BCUT2D eigenvalue weighted by molar-refractivity contribution is -0.271. The van der Waals surface area contributed by atoms with Crippen molar-refractivity contribution in [1.82, 2.24) is 0 Å². The van der Waals surface area contributed by atoms with Crippen LogP contribution in [0.4, 0.5) is 0 Å². The van der Waals surface area contributed by atoms with E-state index in [1.165, 1.54) is 27.7 Å². The number of carbonyl (C=O) groups excluding carboxylic acids is 5. The first kappa shape index (κ1) is 27.3. The van der Waals surface area contributed by atoms with Crippen molar-refractivity contribution >= 4 is 29.7 Å². The first-order valence-corrected chi connectivity index (χ1v) is 13.0. The van der Waals surface area contributed by atoms with E-state index >= 15 is 0 Å². The van der Waals surface area contributed by atoms with E-state index in [-0.39, 0.29) is 29.1 Å². The summed E-state index contributed by atoms with van der Waals surface area (Å²) < 4.78 is 23.5. The summed E-state index contributed by atoms with van der Waals surface area (Å²) in [5.74, 6) is -3.93. The van der Waals surface area contributed by atoms with Crippen molar-refractivity contribution in [2.75, 3.05) is 0 Å². The topological polar surface area (TPSA) is 122 Å². The summed E-state index contributed by atoms with van der Waals surface area (Å²) in [5, 5.41) is 0. The van der Waals surface area contributed by atoms with Gasteiger partial charge < -0.3 is 18.9 Å². The molecule has 0 radical (unpaired) electrons. The van der Waals surface area contributed by atoms with Crippen LogP contribution in [0.3, 0.4) is 0 Å². The Morgan fingerprint density at radius 2 is 1.32 bits per heavy atom. The maximum atomic E-state index is 14.3. The Bertz CT molecular complexity index is 1060. The first-order valence-electron chi connectivity index (χ1n) is 13.0. The van der Waals surface area contributed by atoms with Crippen LogP contribution in [0.1, 0.15) is 74.1 Å². The first-order chi connectivity index (χ1) is 17.1. The number of carbonyl (C=O) groups is 5. The summed E-state index contributed by atoms with van der Waals surface area (Å²) in [5.41, 5.74) is -2.26. The summed E-state index contributed by atoms with van der Waals surface area (Å²) in [7, 11) is 0. The van der Waals surface area contributed by atoms with Crippen molar-refractivity contribution in [1.29, 1.82) is 0 Å². The minimum atomic E-state index is -1.44. The number of ether oxygens (including phenoxy) is 4. The van der Waals surface area contributed by atoms with Gasteiger partial charge in [-0.05, 0) is 48.5 Å². The summed E-state index contributed by atoms with van der Waals surface area (Å²) >= 11 is 0. The molecule has 0 N–H and O–H groups in total. The molecule has 0 aromatic rings. The lowest BCUT2D eigenvalue weighted by Gasteiger charge is -2.67. The van der Waals surface area contributed by atoms with Gasteiger partial charge in [0.25, 0.3) is 0 Å². The van der Waals surface area contributed by atoms with Crippen LogP contribution in [-0.4, -0.2) is 54.1 Å². The van der Waals surface area contributed by atoms with Gasteiger partial charge in [-0.15, -0.1) is 0 Å². The second kappa shape index (κ2) is 8.95. The fourth-order valence-electron chi connectivity index (χ4n) is 8.63. The van der Waals surface area contributed by atoms with E-state index in [9.17, 15) is 24.0 Å². The van der Waals surface area contributed by atoms with E-state index in [0.29, 0.717) is 12.8 Å². The predicted octanol–water partition coefficient (Wildman–Crippen LogP) is 3.32. The Morgan fingerprint density at radius 1 is 0.784 bits per heavy atom. The third-order valence-electron chi connectivity index (χ3n) is 9.73. The molecule has 4 rings (SSSR count). The number of ketones is 1. The second-order valence-electron chi connectivity index (χ2n) is 12.2. The summed E-state index contributed by atoms with van der Waals surface area (Å²) in [6.45, 7) is 15.6. The molecule has 4 fully saturated rings. The Balaban J connectivity index is 2.01. The van der Waals surface area contributed by atoms with E-state index in [1.807, 2.05) is 6.92 Å². The highest BCUT2D eigenvalue weighted by Crippen LogP contribution is 2.72. The lowest BCUT2D eigenvalue weighted by atomic mass is 9.38. The number of esters is 4. The molecule has 0 amide bonds. The van der Waals surface area contributed by atoms with Crippen LogP contribution in [0.25, 0.3) is 0 Å². The number of hydrogen-bond donors (Lipinski definition) is 0. The van der Waals surface area contributed by atoms with Crippen molar-refractivity contribution in [3.63, 3.8) is 0 Å². The standard InChI is InChI=1S/C28H38O9/c1-13-23-18(34-14(2)29)11-20-27(8)19(26(6,7)10-9-21(27)35-15(3)30)12-22(36-16(4)31)28(20,24(13)33)25(23)37-17(5)32/h18-23,25H,1,9-12H2,2-8H3/t18?,19?,20?,21?,22-,23?,25-,27?,28?/m0/s1. The van der Waals surface area contributed by atoms with E-state index in [1.54, 1.807) is 0 Å². The monoisotopic (exact) mass is 518 g/mol. The molecule has 4 aliphatic carbocycles. The van der Waals surface area contributed by atoms with E-state index in [4.69, 9.17) is 18.9 Å². The Kier molecular flexibility index (Phi) is 6.61. The smallest absolute Gasteiger partial charge is 0.302 e. The van der Waals surface area contributed by atoms with Gasteiger partial charge in [0.2, 0.25) is 0 Å². The molecule has 1 spiro atoms. The molecular formula is C28H38O9. The minimum absolute atomic E-state index is 0.118. The fourth-order valence-corrected chi connectivity index (χ4v) is 8.63. The maximum Gasteiger partial charge on any atom is 0.302 e. The third-order valence-corrected chi connectivity index (χ3v) is 9.73. The van der Waals surface area contributed by atoms with E-state index in [0.717, 1.165) is 6.42 Å². The quantitative estimate of drug-likeness (QED) is 0.313. The molecular weight excluding hydrogens is 480 g/mol. The minimum Gasteiger partial charge on any atom is -0.462 e. The van der Waals surface area contributed by atoms with Gasteiger partial charge in [-0.3, -0.25) is 24.0 Å². The zero-order valence-electron chi connectivity index (χ0n) is 22.8. The Hall–Kier alpha value is -2.71. The molecule has 9 nitrogen and oxygen atoms in total. The van der Waals surface area contributed by atoms with Crippen molar-refractivity contribution in [3.05, 3.63) is 12.2 Å². The summed E-state index contributed by atoms with van der Waals surface area (Å²) in [4.78, 5) is 63.5. The largest absolute Gasteiger partial charge is 0.462 e. The van der Waals surface area contributed by atoms with Gasteiger partial charge in [-0.2, -0.15) is 0 Å². The fraction of sp³-hybridized carbons (Fsp3) is 0.750. The van der Waals surface area contributed by atoms with Crippen molar-refractivity contribution in [2.45, 2.75) is 98.6 Å². The van der Waals surface area contributed by atoms with Crippen LogP contribution in [0, 0.1) is 34.0 Å². The Morgan fingerprint density at radius 3 is 1.86 bits per heavy atom. The van der Waals surface area contributed by atoms with Gasteiger partial charge in [0.15, 0.2) is 5.78 Å². The van der Waals surface area contributed by atoms with Crippen LogP contribution in [0.15, 0.2) is 12.2 Å². The average Bonchev–Trinajstić information content (AvgIpc) is 2.89. The summed E-state index contributed by atoms with van der Waals surface area (Å²) in [6.07, 6.45) is -1.31. The molecule has 0 aromatic carbocycles. The third kappa shape index (κ3) is 3.91. The van der Waals surface area contributed by atoms with Crippen molar-refractivity contribution < 1.29 is 42.9 Å². The molecule has 9 atom stereocenters. The van der Waals surface area contributed by atoms with Crippen LogP contribution in [0.5, 0.6) is 0 Å². The van der Waals surface area contributed by atoms with Crippen LogP contribution in [-0.2, 0) is 42.9 Å². The zero-order valence-corrected chi connectivity index (χ0v) is 22.8. The van der Waals surface area contributed by atoms with Gasteiger partial charge in [0.05, 0.1) is 5.92 Å². The highest BCUT2D eigenvalue weighted by atomic mass is 16.6. The molecule has 7 unspecified atom stereocenters. The van der Waals surface area contributed by atoms with Crippen molar-refractivity contribution in [2.24, 2.45) is 34.0 Å². The van der Waals surface area contributed by atoms with Gasteiger partial charge in [-0.25, -0.2) is 0 Å². The van der Waals surface area contributed by atoms with Gasteiger partial charge >= 0.3 is 23.9 Å². The normalized spacial score (nSPS) is 41.6. The molecule has 0 saturated heterocycles. The van der Waals surface area contributed by atoms with Gasteiger partial charge in [-0.1, -0.05) is 27.4 Å². The molecule has 9 heteroatoms. The molecule has 204 valence electrons. The molecule has 0 aliphatic heterocycles. The predicted molar refractivity (Wildman–Crippen MR) is 130 cm³/mol. The van der Waals surface area contributed by atoms with Gasteiger partial charge in [0, 0.05) is 33.1 Å². The highest BCUT2D eigenvalue weighted by Gasteiger charge is 2.79. The number of fused-ring (bicyclic) bond motifs is 3. The molecule has 0 heterocycles. The highest BCUT2D eigenvalue weighted by molar-refractivity contribution is 6.05. The maximum absolute atomic E-state index is 14.3. The lowest BCUT2D eigenvalue weighted by Crippen LogP contribution is -2.72. The van der Waals surface area contributed by atoms with E-state index in [2.05, 4.69) is 20.4 Å². The SMILES string of the molecule is C=C1C(=O)C23C(CC(OC(C)=O)C1[C@@H]2OC(C)=O)C1(C)C(OC(C)=O)CCC(C)(C)C1C[C@@H]3OC(C)=O. The molecule has 4 aliphatic rings.